The van der Waals surface area contributed by atoms with Crippen molar-refractivity contribution in [2.24, 2.45) is 5.10 Å². The first-order valence-corrected chi connectivity index (χ1v) is 6.80. The van der Waals surface area contributed by atoms with Crippen LogP contribution in [-0.2, 0) is 0 Å². The lowest BCUT2D eigenvalue weighted by Gasteiger charge is -2.27. The molecule has 0 aliphatic rings. The predicted octanol–water partition coefficient (Wildman–Crippen LogP) is 5.31. The highest BCUT2D eigenvalue weighted by Gasteiger charge is 2.73. The Morgan fingerprint density at radius 3 is 2.28 bits per heavy atom. The van der Waals surface area contributed by atoms with E-state index in [4.69, 9.17) is 16.0 Å². The van der Waals surface area contributed by atoms with Crippen LogP contribution in [0.2, 0.25) is 5.02 Å². The summed E-state index contributed by atoms with van der Waals surface area (Å²) in [5, 5.41) is 3.10. The second kappa shape index (κ2) is 6.58. The van der Waals surface area contributed by atoms with Crippen molar-refractivity contribution >= 4 is 17.8 Å². The molecule has 2 rings (SSSR count). The van der Waals surface area contributed by atoms with Crippen LogP contribution in [-0.4, -0.2) is 24.4 Å². The molecule has 1 heterocycles. The molecule has 25 heavy (non-hydrogen) atoms. The van der Waals surface area contributed by atoms with Gasteiger partial charge < -0.3 is 4.42 Å². The van der Waals surface area contributed by atoms with Crippen LogP contribution >= 0.6 is 11.6 Å². The van der Waals surface area contributed by atoms with Crippen LogP contribution in [0.5, 0.6) is 0 Å². The molecule has 0 bridgehead atoms. The molecule has 3 nitrogen and oxygen atoms in total. The van der Waals surface area contributed by atoms with Crippen LogP contribution in [0.15, 0.2) is 45.9 Å². The Hall–Kier alpha value is -2.23. The van der Waals surface area contributed by atoms with Gasteiger partial charge >= 0.3 is 18.1 Å². The average Bonchev–Trinajstić information content (AvgIpc) is 2.94. The van der Waals surface area contributed by atoms with Gasteiger partial charge in [0.25, 0.3) is 0 Å². The first kappa shape index (κ1) is 19.1. The number of furan rings is 1. The van der Waals surface area contributed by atoms with E-state index in [1.165, 1.54) is 18.2 Å². The van der Waals surface area contributed by atoms with Gasteiger partial charge in [-0.25, -0.2) is 5.43 Å². The number of halogens is 8. The van der Waals surface area contributed by atoms with Crippen molar-refractivity contribution in [2.45, 2.75) is 18.1 Å². The zero-order valence-electron chi connectivity index (χ0n) is 11.9. The van der Waals surface area contributed by atoms with Crippen LogP contribution in [0.3, 0.4) is 0 Å². The Kier molecular flexibility index (Phi) is 5.03. The summed E-state index contributed by atoms with van der Waals surface area (Å²) in [4.78, 5) is 0. The van der Waals surface area contributed by atoms with Crippen LogP contribution in [0.1, 0.15) is 5.76 Å². The van der Waals surface area contributed by atoms with Crippen molar-refractivity contribution in [2.75, 3.05) is 0 Å². The first-order chi connectivity index (χ1) is 11.4. The minimum absolute atomic E-state index is 0.159. The van der Waals surface area contributed by atoms with E-state index in [1.54, 1.807) is 18.2 Å². The Labute approximate surface area is 141 Å². The summed E-state index contributed by atoms with van der Waals surface area (Å²) >= 11 is 5.79. The van der Waals surface area contributed by atoms with Crippen LogP contribution in [0.4, 0.5) is 30.7 Å². The fraction of sp³-hybridized carbons (Fsp3) is 0.214. The van der Waals surface area contributed by atoms with Crippen molar-refractivity contribution < 1.29 is 35.2 Å². The summed E-state index contributed by atoms with van der Waals surface area (Å²) in [7, 11) is 0. The molecular formula is C14H8ClF7N2O. The zero-order chi connectivity index (χ0) is 18.9. The third-order valence-electron chi connectivity index (χ3n) is 2.88. The van der Waals surface area contributed by atoms with Crippen molar-refractivity contribution in [1.29, 1.82) is 0 Å². The van der Waals surface area contributed by atoms with E-state index in [9.17, 15) is 30.7 Å². The lowest BCUT2D eigenvalue weighted by atomic mass is 10.2. The summed E-state index contributed by atoms with van der Waals surface area (Å²) in [6.07, 6.45) is -5.90. The number of nitrogens with zero attached hydrogens (tertiary/aromatic N) is 1. The quantitative estimate of drug-likeness (QED) is 0.326. The van der Waals surface area contributed by atoms with E-state index in [0.717, 1.165) is 0 Å². The van der Waals surface area contributed by atoms with Crippen molar-refractivity contribution in [3.8, 4) is 11.3 Å². The molecule has 0 spiro atoms. The number of hydrazone groups is 1. The molecule has 0 saturated heterocycles. The summed E-state index contributed by atoms with van der Waals surface area (Å²) in [6.45, 7) is 0. The summed E-state index contributed by atoms with van der Waals surface area (Å²) in [6, 6.07) is 3.42. The maximum Gasteiger partial charge on any atom is 0.462 e. The molecule has 1 N–H and O–H groups in total. The maximum absolute atomic E-state index is 13.0. The number of hydrogen-bond donors (Lipinski definition) is 1. The molecule has 0 aliphatic heterocycles. The number of hydrogen-bond acceptors (Lipinski definition) is 3. The monoisotopic (exact) mass is 388 g/mol. The third kappa shape index (κ3) is 4.06. The Morgan fingerprint density at radius 2 is 1.68 bits per heavy atom. The number of nitrogens with one attached hydrogen (secondary N) is 1. The zero-order valence-corrected chi connectivity index (χ0v) is 12.7. The van der Waals surface area contributed by atoms with Gasteiger partial charge in [-0.05, 0) is 24.3 Å². The SMILES string of the molecule is FC(F)(F)C(F)(F)C(F)(F)N/N=C/c1ccc(-c2cccc(Cl)c2)o1. The fourth-order valence-corrected chi connectivity index (χ4v) is 1.83. The maximum atomic E-state index is 13.0. The molecule has 1 aromatic heterocycles. The van der Waals surface area contributed by atoms with Gasteiger partial charge in [-0.2, -0.15) is 35.8 Å². The summed E-state index contributed by atoms with van der Waals surface area (Å²) in [5.74, 6) is -6.20. The summed E-state index contributed by atoms with van der Waals surface area (Å²) in [5.41, 5.74) is 1.03. The van der Waals surface area contributed by atoms with Gasteiger partial charge in [0.2, 0.25) is 0 Å². The Morgan fingerprint density at radius 1 is 1.00 bits per heavy atom. The Bertz CT molecular complexity index is 771. The molecule has 0 saturated carbocycles. The normalized spacial score (nSPS) is 13.4. The first-order valence-electron chi connectivity index (χ1n) is 6.42. The van der Waals surface area contributed by atoms with Gasteiger partial charge in [0.1, 0.15) is 11.5 Å². The minimum atomic E-state index is -6.44. The highest BCUT2D eigenvalue weighted by molar-refractivity contribution is 6.30. The molecular weight excluding hydrogens is 381 g/mol. The minimum Gasteiger partial charge on any atom is -0.455 e. The standard InChI is InChI=1S/C14H8ClF7N2O/c15-9-3-1-2-8(6-9)11-5-4-10(25-11)7-23-24-14(21,22)12(16,17)13(18,19)20/h1-7,24H/b23-7+. The molecule has 0 radical (unpaired) electrons. The van der Waals surface area contributed by atoms with Gasteiger partial charge in [0.05, 0.1) is 6.21 Å². The molecule has 1 aromatic carbocycles. The van der Waals surface area contributed by atoms with E-state index in [2.05, 4.69) is 5.10 Å². The second-order valence-corrected chi connectivity index (χ2v) is 5.17. The largest absolute Gasteiger partial charge is 0.462 e. The molecule has 11 heteroatoms. The van der Waals surface area contributed by atoms with Gasteiger partial charge in [-0.1, -0.05) is 23.7 Å². The molecule has 0 fully saturated rings. The van der Waals surface area contributed by atoms with Gasteiger partial charge in [0.15, 0.2) is 0 Å². The van der Waals surface area contributed by atoms with Crippen LogP contribution in [0, 0.1) is 0 Å². The Balaban J connectivity index is 2.11. The van der Waals surface area contributed by atoms with Crippen molar-refractivity contribution in [3.05, 3.63) is 47.2 Å². The third-order valence-corrected chi connectivity index (χ3v) is 3.12. The number of benzene rings is 1. The van der Waals surface area contributed by atoms with Crippen LogP contribution in [0.25, 0.3) is 11.3 Å². The number of alkyl halides is 7. The van der Waals surface area contributed by atoms with E-state index in [0.29, 0.717) is 22.2 Å². The van der Waals surface area contributed by atoms with E-state index in [1.807, 2.05) is 0 Å². The summed E-state index contributed by atoms with van der Waals surface area (Å²) < 4.78 is 92.3. The van der Waals surface area contributed by atoms with Crippen molar-refractivity contribution in [1.82, 2.24) is 5.43 Å². The highest BCUT2D eigenvalue weighted by Crippen LogP contribution is 2.44. The molecule has 0 amide bonds. The second-order valence-electron chi connectivity index (χ2n) is 4.73. The predicted molar refractivity (Wildman–Crippen MR) is 75.8 cm³/mol. The molecule has 2 aromatic rings. The van der Waals surface area contributed by atoms with Gasteiger partial charge in [0, 0.05) is 10.6 Å². The van der Waals surface area contributed by atoms with Crippen molar-refractivity contribution in [3.63, 3.8) is 0 Å². The fourth-order valence-electron chi connectivity index (χ4n) is 1.64. The topological polar surface area (TPSA) is 37.5 Å². The van der Waals surface area contributed by atoms with Gasteiger partial charge in [-0.3, -0.25) is 0 Å². The molecule has 0 atom stereocenters. The van der Waals surface area contributed by atoms with E-state index < -0.39 is 18.1 Å². The van der Waals surface area contributed by atoms with Crippen LogP contribution < -0.4 is 5.43 Å². The molecule has 0 unspecified atom stereocenters. The lowest BCUT2D eigenvalue weighted by molar-refractivity contribution is -0.361. The molecule has 0 aliphatic carbocycles. The van der Waals surface area contributed by atoms with Gasteiger partial charge in [-0.15, -0.1) is 0 Å². The van der Waals surface area contributed by atoms with E-state index in [-0.39, 0.29) is 11.5 Å². The molecule has 136 valence electrons. The van der Waals surface area contributed by atoms with E-state index >= 15 is 0 Å². The lowest BCUT2D eigenvalue weighted by Crippen LogP contribution is -2.58. The number of rotatable bonds is 5. The highest BCUT2D eigenvalue weighted by atomic mass is 35.5. The average molecular weight is 389 g/mol. The smallest absolute Gasteiger partial charge is 0.455 e.